The molecule has 2 aromatic rings. The molecule has 19 heavy (non-hydrogen) atoms. The van der Waals surface area contributed by atoms with E-state index in [9.17, 15) is 4.79 Å². The summed E-state index contributed by atoms with van der Waals surface area (Å²) in [6.07, 6.45) is 3.31. The lowest BCUT2D eigenvalue weighted by Crippen LogP contribution is -2.27. The standard InChI is InChI=1S/C12H12Br2N4O/c1-18-6-7(5-16-18)11(15)12(19)17-10-4-8(13)2-3-9(10)14/h2-6,11H,15H2,1H3,(H,17,19). The molecular formula is C12H12Br2N4O. The normalized spacial score (nSPS) is 12.2. The van der Waals surface area contributed by atoms with Crippen LogP contribution in [0, 0.1) is 0 Å². The molecule has 5 nitrogen and oxygen atoms in total. The first-order valence-electron chi connectivity index (χ1n) is 5.47. The van der Waals surface area contributed by atoms with Crippen LogP contribution in [0.3, 0.4) is 0 Å². The summed E-state index contributed by atoms with van der Waals surface area (Å²) in [6.45, 7) is 0. The fraction of sp³-hybridized carbons (Fsp3) is 0.167. The van der Waals surface area contributed by atoms with E-state index in [0.29, 0.717) is 11.3 Å². The molecule has 0 fully saturated rings. The topological polar surface area (TPSA) is 72.9 Å². The molecule has 100 valence electrons. The number of aromatic nitrogens is 2. The van der Waals surface area contributed by atoms with Crippen LogP contribution in [-0.4, -0.2) is 15.7 Å². The van der Waals surface area contributed by atoms with Crippen LogP contribution in [0.2, 0.25) is 0 Å². The molecule has 2 rings (SSSR count). The summed E-state index contributed by atoms with van der Waals surface area (Å²) in [6, 6.07) is 4.77. The minimum absolute atomic E-state index is 0.285. The van der Waals surface area contributed by atoms with Crippen molar-refractivity contribution in [3.8, 4) is 0 Å². The molecule has 0 saturated carbocycles. The molecule has 0 radical (unpaired) electrons. The molecule has 3 N–H and O–H groups in total. The molecule has 0 bridgehead atoms. The number of nitrogens with two attached hydrogens (primary N) is 1. The van der Waals surface area contributed by atoms with Gasteiger partial charge in [-0.1, -0.05) is 15.9 Å². The molecule has 0 aliphatic heterocycles. The predicted molar refractivity (Wildman–Crippen MR) is 80.6 cm³/mol. The maximum Gasteiger partial charge on any atom is 0.246 e. The van der Waals surface area contributed by atoms with E-state index in [0.717, 1.165) is 8.95 Å². The van der Waals surface area contributed by atoms with Gasteiger partial charge >= 0.3 is 0 Å². The number of nitrogens with one attached hydrogen (secondary N) is 1. The van der Waals surface area contributed by atoms with Crippen LogP contribution in [0.15, 0.2) is 39.5 Å². The van der Waals surface area contributed by atoms with E-state index in [1.807, 2.05) is 12.1 Å². The zero-order valence-corrected chi connectivity index (χ0v) is 13.3. The van der Waals surface area contributed by atoms with E-state index in [2.05, 4.69) is 42.3 Å². The SMILES string of the molecule is Cn1cc(C(N)C(=O)Nc2cc(Br)ccc2Br)cn1. The third-order valence-electron chi connectivity index (χ3n) is 2.55. The maximum absolute atomic E-state index is 12.1. The lowest BCUT2D eigenvalue weighted by molar-refractivity contribution is -0.117. The monoisotopic (exact) mass is 386 g/mol. The van der Waals surface area contributed by atoms with Crippen molar-refractivity contribution < 1.29 is 4.79 Å². The predicted octanol–water partition coefficient (Wildman–Crippen LogP) is 2.58. The van der Waals surface area contributed by atoms with Crippen LogP contribution >= 0.6 is 31.9 Å². The van der Waals surface area contributed by atoms with Gasteiger partial charge in [0.05, 0.1) is 11.9 Å². The third kappa shape index (κ3) is 3.43. The Morgan fingerprint density at radius 2 is 2.21 bits per heavy atom. The maximum atomic E-state index is 12.1. The summed E-state index contributed by atoms with van der Waals surface area (Å²) in [4.78, 5) is 12.1. The van der Waals surface area contributed by atoms with Crippen LogP contribution in [0.4, 0.5) is 5.69 Å². The highest BCUT2D eigenvalue weighted by molar-refractivity contribution is 9.11. The number of hydrogen-bond acceptors (Lipinski definition) is 3. The Labute approximate surface area is 127 Å². The van der Waals surface area contributed by atoms with Gasteiger partial charge in [-0.3, -0.25) is 9.48 Å². The zero-order chi connectivity index (χ0) is 14.0. The first-order valence-corrected chi connectivity index (χ1v) is 7.06. The van der Waals surface area contributed by atoms with Gasteiger partial charge in [-0.15, -0.1) is 0 Å². The quantitative estimate of drug-likeness (QED) is 0.849. The van der Waals surface area contributed by atoms with Gasteiger partial charge in [0.25, 0.3) is 0 Å². The molecule has 0 spiro atoms. The highest BCUT2D eigenvalue weighted by atomic mass is 79.9. The summed E-state index contributed by atoms with van der Waals surface area (Å²) in [5, 5.41) is 6.78. The minimum Gasteiger partial charge on any atom is -0.323 e. The van der Waals surface area contributed by atoms with E-state index in [1.54, 1.807) is 30.2 Å². The summed E-state index contributed by atoms with van der Waals surface area (Å²) >= 11 is 6.73. The molecular weight excluding hydrogens is 376 g/mol. The van der Waals surface area contributed by atoms with E-state index < -0.39 is 6.04 Å². The van der Waals surface area contributed by atoms with Crippen molar-refractivity contribution in [3.63, 3.8) is 0 Å². The van der Waals surface area contributed by atoms with Gasteiger partial charge in [0.1, 0.15) is 6.04 Å². The van der Waals surface area contributed by atoms with Gasteiger partial charge < -0.3 is 11.1 Å². The summed E-state index contributed by atoms with van der Waals surface area (Å²) in [7, 11) is 1.78. The fourth-order valence-corrected chi connectivity index (χ4v) is 2.26. The largest absolute Gasteiger partial charge is 0.323 e. The third-order valence-corrected chi connectivity index (χ3v) is 3.74. The van der Waals surface area contributed by atoms with E-state index in [1.165, 1.54) is 0 Å². The van der Waals surface area contributed by atoms with Crippen molar-refractivity contribution in [2.24, 2.45) is 12.8 Å². The summed E-state index contributed by atoms with van der Waals surface area (Å²) in [5.74, 6) is -0.285. The van der Waals surface area contributed by atoms with Crippen molar-refractivity contribution in [1.29, 1.82) is 0 Å². The lowest BCUT2D eigenvalue weighted by Gasteiger charge is -2.12. The average molecular weight is 388 g/mol. The van der Waals surface area contributed by atoms with Gasteiger partial charge in [-0.25, -0.2) is 0 Å². The molecule has 0 saturated heterocycles. The van der Waals surface area contributed by atoms with Gasteiger partial charge in [0.2, 0.25) is 5.91 Å². The van der Waals surface area contributed by atoms with E-state index in [4.69, 9.17) is 5.73 Å². The van der Waals surface area contributed by atoms with E-state index >= 15 is 0 Å². The van der Waals surface area contributed by atoms with Crippen molar-refractivity contribution in [2.75, 3.05) is 5.32 Å². The highest BCUT2D eigenvalue weighted by Crippen LogP contribution is 2.26. The lowest BCUT2D eigenvalue weighted by atomic mass is 10.1. The first-order chi connectivity index (χ1) is 8.97. The Bertz CT molecular complexity index is 612. The zero-order valence-electron chi connectivity index (χ0n) is 10.1. The smallest absolute Gasteiger partial charge is 0.246 e. The van der Waals surface area contributed by atoms with Gasteiger partial charge in [0, 0.05) is 27.8 Å². The van der Waals surface area contributed by atoms with Gasteiger partial charge in [-0.05, 0) is 34.1 Å². The minimum atomic E-state index is -0.750. The highest BCUT2D eigenvalue weighted by Gasteiger charge is 2.18. The number of amides is 1. The number of nitrogens with zero attached hydrogens (tertiary/aromatic N) is 2. The second kappa shape index (κ2) is 5.85. The number of hydrogen-bond donors (Lipinski definition) is 2. The molecule has 1 aromatic heterocycles. The van der Waals surface area contributed by atoms with Crippen molar-refractivity contribution in [3.05, 3.63) is 45.1 Å². The second-order valence-corrected chi connectivity index (χ2v) is 5.81. The number of benzene rings is 1. The number of anilines is 1. The second-order valence-electron chi connectivity index (χ2n) is 4.04. The number of carbonyl (C=O) groups is 1. The van der Waals surface area contributed by atoms with Crippen LogP contribution in [0.1, 0.15) is 11.6 Å². The van der Waals surface area contributed by atoms with Crippen LogP contribution in [0.25, 0.3) is 0 Å². The summed E-state index contributed by atoms with van der Waals surface area (Å²) in [5.41, 5.74) is 7.23. The first kappa shape index (κ1) is 14.2. The average Bonchev–Trinajstić information content (AvgIpc) is 2.79. The summed E-state index contributed by atoms with van der Waals surface area (Å²) < 4.78 is 3.28. The molecule has 1 heterocycles. The number of carbonyl (C=O) groups excluding carboxylic acids is 1. The Morgan fingerprint density at radius 3 is 2.84 bits per heavy atom. The molecule has 0 aliphatic rings. The number of rotatable bonds is 3. The Kier molecular flexibility index (Phi) is 4.38. The molecule has 1 unspecified atom stereocenters. The Morgan fingerprint density at radius 1 is 1.47 bits per heavy atom. The van der Waals surface area contributed by atoms with Crippen LogP contribution < -0.4 is 11.1 Å². The van der Waals surface area contributed by atoms with Gasteiger partial charge in [-0.2, -0.15) is 5.10 Å². The van der Waals surface area contributed by atoms with Crippen molar-refractivity contribution in [1.82, 2.24) is 9.78 Å². The molecule has 7 heteroatoms. The molecule has 1 amide bonds. The number of aryl methyl sites for hydroxylation is 1. The Hall–Kier alpha value is -1.18. The van der Waals surface area contributed by atoms with Crippen molar-refractivity contribution >= 4 is 43.5 Å². The van der Waals surface area contributed by atoms with Crippen LogP contribution in [-0.2, 0) is 11.8 Å². The molecule has 1 atom stereocenters. The van der Waals surface area contributed by atoms with Crippen LogP contribution in [0.5, 0.6) is 0 Å². The molecule has 1 aromatic carbocycles. The number of halogens is 2. The fourth-order valence-electron chi connectivity index (χ4n) is 1.56. The molecule has 0 aliphatic carbocycles. The van der Waals surface area contributed by atoms with E-state index in [-0.39, 0.29) is 5.91 Å². The van der Waals surface area contributed by atoms with Crippen molar-refractivity contribution in [2.45, 2.75) is 6.04 Å². The Balaban J connectivity index is 2.14. The van der Waals surface area contributed by atoms with Gasteiger partial charge in [0.15, 0.2) is 0 Å².